The van der Waals surface area contributed by atoms with Crippen molar-refractivity contribution >= 4 is 17.5 Å². The van der Waals surface area contributed by atoms with Crippen molar-refractivity contribution < 1.29 is 9.59 Å². The highest BCUT2D eigenvalue weighted by atomic mass is 16.2. The topological polar surface area (TPSA) is 58.2 Å². The van der Waals surface area contributed by atoms with E-state index >= 15 is 0 Å². The molecule has 1 aromatic carbocycles. The van der Waals surface area contributed by atoms with Gasteiger partial charge >= 0.3 is 11.8 Å². The van der Waals surface area contributed by atoms with Crippen LogP contribution in [0.4, 0.5) is 5.69 Å². The van der Waals surface area contributed by atoms with Gasteiger partial charge in [-0.3, -0.25) is 9.59 Å². The van der Waals surface area contributed by atoms with Gasteiger partial charge in [0.05, 0.1) is 0 Å². The lowest BCUT2D eigenvalue weighted by atomic mass is 10.1. The maximum Gasteiger partial charge on any atom is 0.313 e. The van der Waals surface area contributed by atoms with Gasteiger partial charge in [-0.15, -0.1) is 0 Å². The largest absolute Gasteiger partial charge is 0.343 e. The summed E-state index contributed by atoms with van der Waals surface area (Å²) in [5.41, 5.74) is 1.30. The van der Waals surface area contributed by atoms with Gasteiger partial charge < -0.3 is 10.6 Å². The molecule has 4 nitrogen and oxygen atoms in total. The molecule has 0 heterocycles. The molecule has 2 amide bonds. The van der Waals surface area contributed by atoms with Gasteiger partial charge in [0.1, 0.15) is 0 Å². The molecule has 17 heavy (non-hydrogen) atoms. The van der Waals surface area contributed by atoms with Gasteiger partial charge in [0.25, 0.3) is 0 Å². The molecule has 4 heteroatoms. The number of hydrogen-bond donors (Lipinski definition) is 2. The minimum Gasteiger partial charge on any atom is -0.343 e. The van der Waals surface area contributed by atoms with Crippen LogP contribution in [-0.4, -0.2) is 17.4 Å². The van der Waals surface area contributed by atoms with Crippen molar-refractivity contribution in [2.45, 2.75) is 33.2 Å². The fraction of sp³-hybridized carbons (Fsp3) is 0.385. The van der Waals surface area contributed by atoms with E-state index in [1.54, 1.807) is 12.1 Å². The Hall–Kier alpha value is -1.84. The molecule has 1 rings (SSSR count). The molecule has 2 N–H and O–H groups in total. The van der Waals surface area contributed by atoms with Crippen molar-refractivity contribution in [1.82, 2.24) is 5.32 Å². The van der Waals surface area contributed by atoms with E-state index in [1.165, 1.54) is 0 Å². The summed E-state index contributed by atoms with van der Waals surface area (Å²) in [6.07, 6.45) is 0. The molecular weight excluding hydrogens is 216 g/mol. The van der Waals surface area contributed by atoms with Crippen LogP contribution in [0.1, 0.15) is 26.3 Å². The van der Waals surface area contributed by atoms with Crippen molar-refractivity contribution in [2.75, 3.05) is 5.32 Å². The van der Waals surface area contributed by atoms with E-state index in [0.717, 1.165) is 5.56 Å². The van der Waals surface area contributed by atoms with Gasteiger partial charge in [0, 0.05) is 11.2 Å². The van der Waals surface area contributed by atoms with Crippen LogP contribution in [-0.2, 0) is 9.59 Å². The van der Waals surface area contributed by atoms with Crippen molar-refractivity contribution in [3.63, 3.8) is 0 Å². The SMILES string of the molecule is Cc1ccc(NC(=O)C(=O)NC(C)(C)C)cc1. The Morgan fingerprint density at radius 1 is 1.00 bits per heavy atom. The van der Waals surface area contributed by atoms with Gasteiger partial charge in [-0.25, -0.2) is 0 Å². The van der Waals surface area contributed by atoms with Gasteiger partial charge in [-0.2, -0.15) is 0 Å². The summed E-state index contributed by atoms with van der Waals surface area (Å²) >= 11 is 0. The molecule has 0 aliphatic rings. The third-order valence-corrected chi connectivity index (χ3v) is 2.00. The van der Waals surface area contributed by atoms with Crippen LogP contribution < -0.4 is 10.6 Å². The Morgan fingerprint density at radius 2 is 1.53 bits per heavy atom. The van der Waals surface area contributed by atoms with E-state index in [2.05, 4.69) is 10.6 Å². The molecule has 92 valence electrons. The molecule has 0 atom stereocenters. The number of benzene rings is 1. The van der Waals surface area contributed by atoms with E-state index in [0.29, 0.717) is 5.69 Å². The van der Waals surface area contributed by atoms with E-state index in [1.807, 2.05) is 39.8 Å². The second-order valence-corrected chi connectivity index (χ2v) is 5.02. The molecule has 0 aliphatic heterocycles. The summed E-state index contributed by atoms with van der Waals surface area (Å²) in [5.74, 6) is -1.28. The van der Waals surface area contributed by atoms with Crippen LogP contribution in [0.3, 0.4) is 0 Å². The van der Waals surface area contributed by atoms with Crippen LogP contribution in [0.5, 0.6) is 0 Å². The first-order chi connectivity index (χ1) is 7.78. The molecule has 0 aliphatic carbocycles. The first kappa shape index (κ1) is 13.2. The fourth-order valence-corrected chi connectivity index (χ4v) is 1.22. The van der Waals surface area contributed by atoms with Crippen molar-refractivity contribution in [3.05, 3.63) is 29.8 Å². The average molecular weight is 234 g/mol. The third kappa shape index (κ3) is 4.68. The highest BCUT2D eigenvalue weighted by Gasteiger charge is 2.19. The Balaban J connectivity index is 2.60. The quantitative estimate of drug-likeness (QED) is 0.728. The first-order valence-electron chi connectivity index (χ1n) is 5.48. The Bertz CT molecular complexity index is 416. The molecule has 0 unspecified atom stereocenters. The zero-order chi connectivity index (χ0) is 13.1. The second kappa shape index (κ2) is 4.99. The Kier molecular flexibility index (Phi) is 3.89. The number of carbonyl (C=O) groups excluding carboxylic acids is 2. The third-order valence-electron chi connectivity index (χ3n) is 2.00. The van der Waals surface area contributed by atoms with Gasteiger partial charge in [-0.1, -0.05) is 17.7 Å². The molecule has 0 saturated carbocycles. The zero-order valence-corrected chi connectivity index (χ0v) is 10.6. The number of carbonyl (C=O) groups is 2. The van der Waals surface area contributed by atoms with Crippen LogP contribution in [0.2, 0.25) is 0 Å². The van der Waals surface area contributed by atoms with Crippen molar-refractivity contribution in [2.24, 2.45) is 0 Å². The lowest BCUT2D eigenvalue weighted by Crippen LogP contribution is -2.46. The molecule has 0 radical (unpaired) electrons. The lowest BCUT2D eigenvalue weighted by molar-refractivity contribution is -0.137. The van der Waals surface area contributed by atoms with Crippen LogP contribution in [0.25, 0.3) is 0 Å². The highest BCUT2D eigenvalue weighted by molar-refractivity contribution is 6.39. The van der Waals surface area contributed by atoms with Crippen LogP contribution >= 0.6 is 0 Å². The van der Waals surface area contributed by atoms with Gasteiger partial charge in [0.2, 0.25) is 0 Å². The molecule has 1 aromatic rings. The fourth-order valence-electron chi connectivity index (χ4n) is 1.22. The average Bonchev–Trinajstić information content (AvgIpc) is 2.19. The predicted molar refractivity (Wildman–Crippen MR) is 67.7 cm³/mol. The second-order valence-electron chi connectivity index (χ2n) is 5.02. The van der Waals surface area contributed by atoms with Crippen LogP contribution in [0, 0.1) is 6.92 Å². The summed E-state index contributed by atoms with van der Waals surface area (Å²) in [6, 6.07) is 7.27. The smallest absolute Gasteiger partial charge is 0.313 e. The van der Waals surface area contributed by atoms with Crippen molar-refractivity contribution in [1.29, 1.82) is 0 Å². The summed E-state index contributed by atoms with van der Waals surface area (Å²) in [6.45, 7) is 7.43. The van der Waals surface area contributed by atoms with Crippen LogP contribution in [0.15, 0.2) is 24.3 Å². The standard InChI is InChI=1S/C13H18N2O2/c1-9-5-7-10(8-6-9)14-11(16)12(17)15-13(2,3)4/h5-8H,1-4H3,(H,14,16)(H,15,17). The monoisotopic (exact) mass is 234 g/mol. The van der Waals surface area contributed by atoms with E-state index in [4.69, 9.17) is 0 Å². The summed E-state index contributed by atoms with van der Waals surface area (Å²) in [4.78, 5) is 23.1. The van der Waals surface area contributed by atoms with E-state index in [9.17, 15) is 9.59 Å². The summed E-state index contributed by atoms with van der Waals surface area (Å²) in [5, 5.41) is 5.14. The van der Waals surface area contributed by atoms with E-state index in [-0.39, 0.29) is 0 Å². The molecule has 0 spiro atoms. The normalized spacial score (nSPS) is 10.8. The van der Waals surface area contributed by atoms with E-state index < -0.39 is 17.4 Å². The number of amides is 2. The minimum absolute atomic E-state index is 0.415. The molecule has 0 bridgehead atoms. The van der Waals surface area contributed by atoms with Crippen molar-refractivity contribution in [3.8, 4) is 0 Å². The lowest BCUT2D eigenvalue weighted by Gasteiger charge is -2.19. The Labute approximate surface area is 101 Å². The predicted octanol–water partition coefficient (Wildman–Crippen LogP) is 1.85. The number of hydrogen-bond acceptors (Lipinski definition) is 2. The molecular formula is C13H18N2O2. The summed E-state index contributed by atoms with van der Waals surface area (Å²) < 4.78 is 0. The number of anilines is 1. The minimum atomic E-state index is -0.649. The number of aryl methyl sites for hydroxylation is 1. The maximum atomic E-state index is 11.6. The number of rotatable bonds is 1. The first-order valence-corrected chi connectivity index (χ1v) is 5.48. The van der Waals surface area contributed by atoms with Gasteiger partial charge in [0.15, 0.2) is 0 Å². The summed E-state index contributed by atoms with van der Waals surface area (Å²) in [7, 11) is 0. The molecule has 0 aromatic heterocycles. The maximum absolute atomic E-state index is 11.6. The number of nitrogens with one attached hydrogen (secondary N) is 2. The molecule has 0 saturated heterocycles. The molecule has 0 fully saturated rings. The highest BCUT2D eigenvalue weighted by Crippen LogP contribution is 2.08. The zero-order valence-electron chi connectivity index (χ0n) is 10.6. The Morgan fingerprint density at radius 3 is 2.00 bits per heavy atom. The van der Waals surface area contributed by atoms with Gasteiger partial charge in [-0.05, 0) is 39.8 Å².